The van der Waals surface area contributed by atoms with Gasteiger partial charge < -0.3 is 4.42 Å². The molecule has 0 aliphatic heterocycles. The number of furan rings is 1. The predicted octanol–water partition coefficient (Wildman–Crippen LogP) is 15.6. The minimum absolute atomic E-state index is 0.572. The molecule has 4 heteroatoms. The molecular formula is C62H39N3O. The normalized spacial score (nSPS) is 12.7. The quantitative estimate of drug-likeness (QED) is 0.160. The van der Waals surface area contributed by atoms with Crippen molar-refractivity contribution in [3.05, 3.63) is 259 Å². The van der Waals surface area contributed by atoms with Gasteiger partial charge in [-0.15, -0.1) is 0 Å². The van der Waals surface area contributed by atoms with Gasteiger partial charge in [0.15, 0.2) is 17.5 Å². The maximum Gasteiger partial charge on any atom is 0.164 e. The molecule has 1 aliphatic rings. The van der Waals surface area contributed by atoms with Gasteiger partial charge in [-0.2, -0.15) is 0 Å². The number of hydrogen-bond donors (Lipinski definition) is 0. The minimum Gasteiger partial charge on any atom is -0.456 e. The Bertz CT molecular complexity index is 3760. The summed E-state index contributed by atoms with van der Waals surface area (Å²) in [5.41, 5.74) is 15.3. The van der Waals surface area contributed by atoms with Gasteiger partial charge in [0.05, 0.1) is 5.41 Å². The summed E-state index contributed by atoms with van der Waals surface area (Å²) in [7, 11) is 0. The smallest absolute Gasteiger partial charge is 0.164 e. The molecule has 0 unspecified atom stereocenters. The highest BCUT2D eigenvalue weighted by atomic mass is 16.3. The average molecular weight is 842 g/mol. The molecule has 0 fully saturated rings. The van der Waals surface area contributed by atoms with Crippen LogP contribution in [0.3, 0.4) is 0 Å². The SMILES string of the molecule is c1ccc(-c2ccc(-c3nc(-c4ccc5c(c4)C(c4ccccc4)(c4ccccc4)c4ccccc4-5)nc(-c4cc(-c5ccc6ccccc6c5)cc5oc6ccccc6c45)n3)cc2)cc1. The second-order valence-electron chi connectivity index (χ2n) is 17.1. The lowest BCUT2D eigenvalue weighted by Crippen LogP contribution is -2.28. The van der Waals surface area contributed by atoms with Gasteiger partial charge in [0.25, 0.3) is 0 Å². The molecule has 0 saturated heterocycles. The third kappa shape index (κ3) is 6.03. The van der Waals surface area contributed by atoms with Crippen LogP contribution in [0.1, 0.15) is 22.3 Å². The van der Waals surface area contributed by atoms with Crippen LogP contribution in [-0.4, -0.2) is 15.0 Å². The van der Waals surface area contributed by atoms with E-state index < -0.39 is 5.41 Å². The molecule has 0 N–H and O–H groups in total. The standard InChI is InChI=1S/C62H39N3O/c1-4-16-40(17-5-1)42-28-31-43(32-29-42)59-63-60(46-34-35-51-50-24-12-14-26-54(50)62(55(51)38-46,48-20-6-2-7-21-48)49-22-8-3-9-23-49)65-61(64-59)53-37-47(45-33-30-41-18-10-11-19-44(41)36-45)39-57-58(53)52-25-13-15-27-56(52)66-57/h1-39H. The Morgan fingerprint density at radius 1 is 0.303 bits per heavy atom. The van der Waals surface area contributed by atoms with Gasteiger partial charge in [-0.25, -0.2) is 15.0 Å². The van der Waals surface area contributed by atoms with Gasteiger partial charge in [-0.1, -0.05) is 206 Å². The Morgan fingerprint density at radius 2 is 0.864 bits per heavy atom. The van der Waals surface area contributed by atoms with E-state index in [1.54, 1.807) is 0 Å². The van der Waals surface area contributed by atoms with E-state index in [0.29, 0.717) is 17.5 Å². The number of hydrogen-bond acceptors (Lipinski definition) is 4. The van der Waals surface area contributed by atoms with Gasteiger partial charge in [0.1, 0.15) is 11.2 Å². The summed E-state index contributed by atoms with van der Waals surface area (Å²) in [4.78, 5) is 16.2. The molecule has 308 valence electrons. The zero-order valence-electron chi connectivity index (χ0n) is 35.8. The maximum atomic E-state index is 6.67. The zero-order valence-corrected chi connectivity index (χ0v) is 35.8. The molecule has 0 spiro atoms. The number of aromatic nitrogens is 3. The van der Waals surface area contributed by atoms with E-state index in [1.165, 1.54) is 44.2 Å². The lowest BCUT2D eigenvalue weighted by Gasteiger charge is -2.34. The molecule has 0 radical (unpaired) electrons. The Kier molecular flexibility index (Phi) is 8.72. The Morgan fingerprint density at radius 3 is 1.64 bits per heavy atom. The lowest BCUT2D eigenvalue weighted by atomic mass is 9.67. The Labute approximate surface area is 382 Å². The molecular weight excluding hydrogens is 803 g/mol. The molecule has 1 aliphatic carbocycles. The number of nitrogens with zero attached hydrogens (tertiary/aromatic N) is 3. The van der Waals surface area contributed by atoms with Crippen molar-refractivity contribution >= 4 is 32.7 Å². The van der Waals surface area contributed by atoms with Crippen LogP contribution in [0.4, 0.5) is 0 Å². The minimum atomic E-state index is -0.577. The summed E-state index contributed by atoms with van der Waals surface area (Å²) in [5, 5.41) is 4.34. The van der Waals surface area contributed by atoms with Crippen molar-refractivity contribution in [1.29, 1.82) is 0 Å². The third-order valence-corrected chi connectivity index (χ3v) is 13.4. The maximum absolute atomic E-state index is 6.67. The van der Waals surface area contributed by atoms with Crippen molar-refractivity contribution in [1.82, 2.24) is 15.0 Å². The second kappa shape index (κ2) is 15.2. The Balaban J connectivity index is 1.07. The third-order valence-electron chi connectivity index (χ3n) is 13.4. The fraction of sp³-hybridized carbons (Fsp3) is 0.0161. The topological polar surface area (TPSA) is 51.8 Å². The highest BCUT2D eigenvalue weighted by Crippen LogP contribution is 2.56. The van der Waals surface area contributed by atoms with E-state index >= 15 is 0 Å². The first-order chi connectivity index (χ1) is 32.7. The lowest BCUT2D eigenvalue weighted by molar-refractivity contribution is 0.669. The fourth-order valence-corrected chi connectivity index (χ4v) is 10.3. The summed E-state index contributed by atoms with van der Waals surface area (Å²) >= 11 is 0. The van der Waals surface area contributed by atoms with E-state index in [-0.39, 0.29) is 0 Å². The molecule has 10 aromatic carbocycles. The fourth-order valence-electron chi connectivity index (χ4n) is 10.3. The number of fused-ring (bicyclic) bond motifs is 7. The number of benzene rings is 10. The van der Waals surface area contributed by atoms with Crippen LogP contribution >= 0.6 is 0 Å². The van der Waals surface area contributed by atoms with Gasteiger partial charge in [0.2, 0.25) is 0 Å². The van der Waals surface area contributed by atoms with Crippen molar-refractivity contribution in [2.45, 2.75) is 5.41 Å². The molecule has 4 nitrogen and oxygen atoms in total. The predicted molar refractivity (Wildman–Crippen MR) is 269 cm³/mol. The zero-order chi connectivity index (χ0) is 43.6. The van der Waals surface area contributed by atoms with Gasteiger partial charge in [-0.05, 0) is 96.7 Å². The summed E-state index contributed by atoms with van der Waals surface area (Å²) < 4.78 is 6.67. The molecule has 0 amide bonds. The molecule has 66 heavy (non-hydrogen) atoms. The average Bonchev–Trinajstić information content (AvgIpc) is 3.92. The van der Waals surface area contributed by atoms with Crippen molar-refractivity contribution < 1.29 is 4.42 Å². The van der Waals surface area contributed by atoms with Crippen LogP contribution in [0.5, 0.6) is 0 Å². The first-order valence-electron chi connectivity index (χ1n) is 22.4. The summed E-state index contributed by atoms with van der Waals surface area (Å²) in [5.74, 6) is 1.75. The van der Waals surface area contributed by atoms with Gasteiger partial charge >= 0.3 is 0 Å². The van der Waals surface area contributed by atoms with Crippen LogP contribution in [0.25, 0.3) is 100 Å². The van der Waals surface area contributed by atoms with Crippen molar-refractivity contribution in [3.63, 3.8) is 0 Å². The first kappa shape index (κ1) is 37.8. The second-order valence-corrected chi connectivity index (χ2v) is 17.1. The monoisotopic (exact) mass is 841 g/mol. The largest absolute Gasteiger partial charge is 0.456 e. The van der Waals surface area contributed by atoms with Crippen LogP contribution in [0.2, 0.25) is 0 Å². The summed E-state index contributed by atoms with van der Waals surface area (Å²) in [6.45, 7) is 0. The van der Waals surface area contributed by atoms with Crippen LogP contribution < -0.4 is 0 Å². The molecule has 12 aromatic rings. The Hall–Kier alpha value is -8.73. The molecule has 0 bridgehead atoms. The van der Waals surface area contributed by atoms with Crippen molar-refractivity contribution in [2.24, 2.45) is 0 Å². The van der Waals surface area contributed by atoms with Crippen LogP contribution in [0, 0.1) is 0 Å². The molecule has 0 saturated carbocycles. The van der Waals surface area contributed by atoms with Gasteiger partial charge in [-0.3, -0.25) is 0 Å². The number of para-hydroxylation sites is 1. The number of rotatable bonds is 7. The molecule has 2 aromatic heterocycles. The first-order valence-corrected chi connectivity index (χ1v) is 22.4. The van der Waals surface area contributed by atoms with Crippen molar-refractivity contribution in [2.75, 3.05) is 0 Å². The molecule has 13 rings (SSSR count). The summed E-state index contributed by atoms with van der Waals surface area (Å²) in [6, 6.07) is 84.1. The van der Waals surface area contributed by atoms with Crippen LogP contribution in [0.15, 0.2) is 241 Å². The molecule has 0 atom stereocenters. The van der Waals surface area contributed by atoms with E-state index in [9.17, 15) is 0 Å². The highest BCUT2D eigenvalue weighted by molar-refractivity contribution is 6.13. The van der Waals surface area contributed by atoms with E-state index in [1.807, 2.05) is 18.2 Å². The van der Waals surface area contributed by atoms with E-state index in [4.69, 9.17) is 19.4 Å². The van der Waals surface area contributed by atoms with E-state index in [0.717, 1.165) is 60.9 Å². The van der Waals surface area contributed by atoms with Crippen LogP contribution in [-0.2, 0) is 5.41 Å². The van der Waals surface area contributed by atoms with Gasteiger partial charge in [0, 0.05) is 27.5 Å². The van der Waals surface area contributed by atoms with Crippen molar-refractivity contribution in [3.8, 4) is 67.5 Å². The van der Waals surface area contributed by atoms with E-state index in [2.05, 4.69) is 218 Å². The molecule has 2 heterocycles. The summed E-state index contributed by atoms with van der Waals surface area (Å²) in [6.07, 6.45) is 0. The highest BCUT2D eigenvalue weighted by Gasteiger charge is 2.46.